The molecule has 0 N–H and O–H groups in total. The van der Waals surface area contributed by atoms with Gasteiger partial charge in [0.2, 0.25) is 0 Å². The van der Waals surface area contributed by atoms with E-state index in [1.165, 1.54) is 0 Å². The van der Waals surface area contributed by atoms with E-state index < -0.39 is 0 Å². The minimum atomic E-state index is 0.838. The van der Waals surface area contributed by atoms with Gasteiger partial charge in [-0.25, -0.2) is 0 Å². The Labute approximate surface area is 163 Å². The van der Waals surface area contributed by atoms with Crippen LogP contribution >= 0.6 is 31.9 Å². The Kier molecular flexibility index (Phi) is 4.60. The van der Waals surface area contributed by atoms with E-state index in [1.54, 1.807) is 0 Å². The predicted molar refractivity (Wildman–Crippen MR) is 110 cm³/mol. The molecule has 0 saturated heterocycles. The summed E-state index contributed by atoms with van der Waals surface area (Å²) in [6.07, 6.45) is 0. The number of halogens is 2. The first-order chi connectivity index (χ1) is 12.2. The summed E-state index contributed by atoms with van der Waals surface area (Å²) in [6.45, 7) is 0. The zero-order valence-electron chi connectivity index (χ0n) is 13.2. The summed E-state index contributed by atoms with van der Waals surface area (Å²) in [5.74, 6) is 1.71. The molecule has 4 aromatic rings. The maximum atomic E-state index is 6.35. The molecule has 0 unspecified atom stereocenters. The van der Waals surface area contributed by atoms with Gasteiger partial charge in [0.15, 0.2) is 0 Å². The molecule has 1 nitrogen and oxygen atoms in total. The highest BCUT2D eigenvalue weighted by Crippen LogP contribution is 2.46. The molecule has 0 saturated carbocycles. The maximum absolute atomic E-state index is 6.35. The van der Waals surface area contributed by atoms with E-state index in [2.05, 4.69) is 68.3 Å². The molecule has 0 aliphatic rings. The number of hydrogen-bond donors (Lipinski definition) is 0. The Balaban J connectivity index is 1.97. The van der Waals surface area contributed by atoms with Crippen LogP contribution in [0.15, 0.2) is 98.3 Å². The molecule has 0 bridgehead atoms. The largest absolute Gasteiger partial charge is 0.454 e. The fourth-order valence-electron chi connectivity index (χ4n) is 2.85. The van der Waals surface area contributed by atoms with Crippen molar-refractivity contribution < 1.29 is 4.42 Å². The van der Waals surface area contributed by atoms with Crippen molar-refractivity contribution in [1.82, 2.24) is 0 Å². The van der Waals surface area contributed by atoms with Gasteiger partial charge in [-0.15, -0.1) is 0 Å². The van der Waals surface area contributed by atoms with Crippen molar-refractivity contribution in [3.63, 3.8) is 0 Å². The summed E-state index contributed by atoms with van der Waals surface area (Å²) in [6, 6.07) is 28.7. The lowest BCUT2D eigenvalue weighted by atomic mass is 10.0. The summed E-state index contributed by atoms with van der Waals surface area (Å²) in [5, 5.41) is 0. The number of furan rings is 1. The van der Waals surface area contributed by atoms with Crippen molar-refractivity contribution in [2.24, 2.45) is 0 Å². The molecule has 0 amide bonds. The summed E-state index contributed by atoms with van der Waals surface area (Å²) >= 11 is 7.27. The number of benzene rings is 3. The Bertz CT molecular complexity index is 988. The average molecular weight is 454 g/mol. The summed E-state index contributed by atoms with van der Waals surface area (Å²) < 4.78 is 8.37. The Morgan fingerprint density at radius 3 is 1.64 bits per heavy atom. The molecule has 0 fully saturated rings. The third-order valence-electron chi connectivity index (χ3n) is 4.05. The van der Waals surface area contributed by atoms with Crippen LogP contribution in [-0.4, -0.2) is 0 Å². The first-order valence-corrected chi connectivity index (χ1v) is 9.51. The van der Waals surface area contributed by atoms with Gasteiger partial charge in [0.05, 0.1) is 4.47 Å². The molecule has 3 heteroatoms. The molecule has 0 spiro atoms. The minimum Gasteiger partial charge on any atom is -0.454 e. The predicted octanol–water partition coefficient (Wildman–Crippen LogP) is 7.81. The van der Waals surface area contributed by atoms with E-state index in [1.807, 2.05) is 48.5 Å². The van der Waals surface area contributed by atoms with Gasteiger partial charge < -0.3 is 4.42 Å². The lowest BCUT2D eigenvalue weighted by molar-refractivity contribution is 0.597. The average Bonchev–Trinajstić information content (AvgIpc) is 3.01. The smallest absolute Gasteiger partial charge is 0.149 e. The van der Waals surface area contributed by atoms with Crippen molar-refractivity contribution >= 4 is 31.9 Å². The Morgan fingerprint density at radius 1 is 0.520 bits per heavy atom. The summed E-state index contributed by atoms with van der Waals surface area (Å²) in [4.78, 5) is 0. The normalized spacial score (nSPS) is 10.8. The number of hydrogen-bond acceptors (Lipinski definition) is 1. The zero-order valence-corrected chi connectivity index (χ0v) is 16.4. The highest BCUT2D eigenvalue weighted by atomic mass is 79.9. The molecule has 0 aliphatic carbocycles. The SMILES string of the molecule is Brc1ccc(-c2oc(-c3ccccc3)c(-c3ccccc3)c2Br)cc1. The second kappa shape index (κ2) is 7.03. The van der Waals surface area contributed by atoms with Gasteiger partial charge in [0, 0.05) is 21.2 Å². The molecule has 1 aromatic heterocycles. The molecule has 25 heavy (non-hydrogen) atoms. The third-order valence-corrected chi connectivity index (χ3v) is 5.34. The van der Waals surface area contributed by atoms with Crippen molar-refractivity contribution in [2.45, 2.75) is 0 Å². The van der Waals surface area contributed by atoms with Crippen LogP contribution in [0, 0.1) is 0 Å². The fraction of sp³-hybridized carbons (Fsp3) is 0. The molecular formula is C22H14Br2O. The van der Waals surface area contributed by atoms with Crippen molar-refractivity contribution in [3.8, 4) is 33.8 Å². The molecular weight excluding hydrogens is 440 g/mol. The zero-order chi connectivity index (χ0) is 17.2. The Hall–Kier alpha value is -2.10. The van der Waals surface area contributed by atoms with E-state index >= 15 is 0 Å². The van der Waals surface area contributed by atoms with Crippen LogP contribution in [0.2, 0.25) is 0 Å². The second-order valence-corrected chi connectivity index (χ2v) is 7.40. The van der Waals surface area contributed by atoms with Gasteiger partial charge in [-0.2, -0.15) is 0 Å². The third kappa shape index (κ3) is 3.22. The summed E-state index contributed by atoms with van der Waals surface area (Å²) in [7, 11) is 0. The van der Waals surface area contributed by atoms with E-state index in [-0.39, 0.29) is 0 Å². The Morgan fingerprint density at radius 2 is 1.04 bits per heavy atom. The van der Waals surface area contributed by atoms with Crippen molar-refractivity contribution in [1.29, 1.82) is 0 Å². The van der Waals surface area contributed by atoms with Crippen LogP contribution in [-0.2, 0) is 0 Å². The van der Waals surface area contributed by atoms with Gasteiger partial charge in [0.1, 0.15) is 11.5 Å². The fourth-order valence-corrected chi connectivity index (χ4v) is 3.84. The second-order valence-electron chi connectivity index (χ2n) is 5.69. The maximum Gasteiger partial charge on any atom is 0.149 e. The standard InChI is InChI=1S/C22H14Br2O/c23-18-13-11-17(12-14-18)22-20(24)19(15-7-3-1-4-8-15)21(25-22)16-9-5-2-6-10-16/h1-14H. The van der Waals surface area contributed by atoms with E-state index in [0.717, 1.165) is 42.7 Å². The first-order valence-electron chi connectivity index (χ1n) is 7.93. The highest BCUT2D eigenvalue weighted by Gasteiger charge is 2.22. The molecule has 3 aromatic carbocycles. The summed E-state index contributed by atoms with van der Waals surface area (Å²) in [5.41, 5.74) is 4.30. The lowest BCUT2D eigenvalue weighted by Gasteiger charge is -2.03. The van der Waals surface area contributed by atoms with E-state index in [9.17, 15) is 0 Å². The van der Waals surface area contributed by atoms with E-state index in [0.29, 0.717) is 0 Å². The van der Waals surface area contributed by atoms with Crippen LogP contribution in [0.25, 0.3) is 33.8 Å². The molecule has 122 valence electrons. The molecule has 0 atom stereocenters. The van der Waals surface area contributed by atoms with Gasteiger partial charge >= 0.3 is 0 Å². The minimum absolute atomic E-state index is 0.838. The van der Waals surface area contributed by atoms with Crippen LogP contribution in [0.1, 0.15) is 0 Å². The quantitative estimate of drug-likeness (QED) is 0.308. The van der Waals surface area contributed by atoms with Crippen LogP contribution in [0.3, 0.4) is 0 Å². The van der Waals surface area contributed by atoms with Crippen molar-refractivity contribution in [3.05, 3.63) is 93.9 Å². The number of rotatable bonds is 3. The van der Waals surface area contributed by atoms with Gasteiger partial charge in [-0.3, -0.25) is 0 Å². The molecule has 4 rings (SSSR count). The lowest BCUT2D eigenvalue weighted by Crippen LogP contribution is -1.80. The van der Waals surface area contributed by atoms with Gasteiger partial charge in [0.25, 0.3) is 0 Å². The van der Waals surface area contributed by atoms with E-state index in [4.69, 9.17) is 4.42 Å². The molecule has 0 radical (unpaired) electrons. The molecule has 0 aliphatic heterocycles. The van der Waals surface area contributed by atoms with Crippen LogP contribution in [0.4, 0.5) is 0 Å². The van der Waals surface area contributed by atoms with Crippen molar-refractivity contribution in [2.75, 3.05) is 0 Å². The monoisotopic (exact) mass is 452 g/mol. The topological polar surface area (TPSA) is 13.1 Å². The van der Waals surface area contributed by atoms with Crippen LogP contribution < -0.4 is 0 Å². The molecule has 1 heterocycles. The van der Waals surface area contributed by atoms with Gasteiger partial charge in [-0.1, -0.05) is 88.7 Å². The van der Waals surface area contributed by atoms with Gasteiger partial charge in [-0.05, 0) is 33.6 Å². The van der Waals surface area contributed by atoms with Crippen LogP contribution in [0.5, 0.6) is 0 Å². The highest BCUT2D eigenvalue weighted by molar-refractivity contribution is 9.11. The first kappa shape index (κ1) is 16.4.